The topological polar surface area (TPSA) is 26.3 Å². The van der Waals surface area contributed by atoms with Crippen LogP contribution < -0.4 is 0 Å². The Labute approximate surface area is 108 Å². The van der Waals surface area contributed by atoms with E-state index >= 15 is 0 Å². The van der Waals surface area contributed by atoms with E-state index in [0.29, 0.717) is 11.8 Å². The molecule has 18 heavy (non-hydrogen) atoms. The molecule has 4 rings (SSSR count). The van der Waals surface area contributed by atoms with E-state index in [2.05, 4.69) is 31.7 Å². The number of ketones is 1. The third-order valence-corrected chi connectivity index (χ3v) is 5.24. The quantitative estimate of drug-likeness (QED) is 0.713. The number of allylic oxidation sites excluding steroid dienone is 3. The molecule has 2 bridgehead atoms. The Kier molecular flexibility index (Phi) is 2.43. The molecule has 0 spiro atoms. The van der Waals surface area contributed by atoms with Crippen LogP contribution in [-0.2, 0) is 9.53 Å². The van der Waals surface area contributed by atoms with Crippen molar-refractivity contribution in [1.82, 2.24) is 0 Å². The van der Waals surface area contributed by atoms with Crippen LogP contribution in [0, 0.1) is 23.2 Å². The maximum atomic E-state index is 12.9. The van der Waals surface area contributed by atoms with Crippen molar-refractivity contribution in [1.29, 1.82) is 0 Å². The summed E-state index contributed by atoms with van der Waals surface area (Å²) < 4.78 is 5.71. The molecule has 0 saturated heterocycles. The Bertz CT molecular complexity index is 462. The largest absolute Gasteiger partial charge is 0.366 e. The molecule has 0 aliphatic heterocycles. The molecule has 1 fully saturated rings. The first-order valence-corrected chi connectivity index (χ1v) is 6.67. The minimum absolute atomic E-state index is 0.225. The van der Waals surface area contributed by atoms with Crippen LogP contribution >= 0.6 is 0 Å². The normalized spacial score (nSPS) is 48.6. The lowest BCUT2D eigenvalue weighted by atomic mass is 9.49. The van der Waals surface area contributed by atoms with E-state index < -0.39 is 5.60 Å². The highest BCUT2D eigenvalue weighted by Gasteiger charge is 2.64. The zero-order valence-electron chi connectivity index (χ0n) is 11.1. The van der Waals surface area contributed by atoms with Crippen LogP contribution in [0.5, 0.6) is 0 Å². The Morgan fingerprint density at radius 1 is 1.50 bits per heavy atom. The van der Waals surface area contributed by atoms with Crippen molar-refractivity contribution < 1.29 is 9.53 Å². The summed E-state index contributed by atoms with van der Waals surface area (Å²) in [5.41, 5.74) is -1.08. The van der Waals surface area contributed by atoms with Gasteiger partial charge in [0.15, 0.2) is 11.4 Å². The van der Waals surface area contributed by atoms with Crippen LogP contribution in [0.1, 0.15) is 19.8 Å². The van der Waals surface area contributed by atoms with Gasteiger partial charge in [-0.3, -0.25) is 4.79 Å². The van der Waals surface area contributed by atoms with Crippen molar-refractivity contribution in [3.8, 4) is 0 Å². The van der Waals surface area contributed by atoms with Crippen molar-refractivity contribution >= 4 is 5.78 Å². The number of methoxy groups -OCH3 is 1. The fourth-order valence-electron chi connectivity index (χ4n) is 4.34. The molecule has 0 N–H and O–H groups in total. The van der Waals surface area contributed by atoms with Crippen molar-refractivity contribution in [3.63, 3.8) is 0 Å². The Balaban J connectivity index is 2.15. The van der Waals surface area contributed by atoms with Gasteiger partial charge in [0.1, 0.15) is 0 Å². The van der Waals surface area contributed by atoms with Crippen LogP contribution in [-0.4, -0.2) is 18.5 Å². The van der Waals surface area contributed by atoms with Gasteiger partial charge in [-0.15, -0.1) is 6.58 Å². The third-order valence-electron chi connectivity index (χ3n) is 5.24. The minimum atomic E-state index is -0.732. The van der Waals surface area contributed by atoms with E-state index in [9.17, 15) is 4.79 Å². The number of fused-ring (bicyclic) bond motifs is 1. The van der Waals surface area contributed by atoms with Crippen molar-refractivity contribution in [2.75, 3.05) is 7.11 Å². The number of carbonyl (C=O) groups is 1. The summed E-state index contributed by atoms with van der Waals surface area (Å²) in [7, 11) is 1.66. The summed E-state index contributed by atoms with van der Waals surface area (Å²) in [4.78, 5) is 12.9. The fourth-order valence-corrected chi connectivity index (χ4v) is 4.34. The molecule has 2 nitrogen and oxygen atoms in total. The number of hydrogen-bond donors (Lipinski definition) is 0. The lowest BCUT2D eigenvalue weighted by Gasteiger charge is -2.56. The van der Waals surface area contributed by atoms with Gasteiger partial charge in [0.2, 0.25) is 0 Å². The first-order chi connectivity index (χ1) is 8.60. The smallest absolute Gasteiger partial charge is 0.175 e. The van der Waals surface area contributed by atoms with Gasteiger partial charge in [0.05, 0.1) is 0 Å². The van der Waals surface area contributed by atoms with Crippen LogP contribution in [0.3, 0.4) is 0 Å². The molecule has 2 heteroatoms. The van der Waals surface area contributed by atoms with Crippen LogP contribution in [0.25, 0.3) is 0 Å². The van der Waals surface area contributed by atoms with Gasteiger partial charge in [-0.05, 0) is 30.8 Å². The molecule has 5 atom stereocenters. The highest BCUT2D eigenvalue weighted by atomic mass is 16.5. The molecular formula is C16H20O2. The molecule has 0 heterocycles. The number of carbonyl (C=O) groups excluding carboxylic acids is 1. The maximum absolute atomic E-state index is 12.9. The van der Waals surface area contributed by atoms with E-state index in [1.165, 1.54) is 0 Å². The van der Waals surface area contributed by atoms with Crippen molar-refractivity contribution in [2.45, 2.75) is 25.4 Å². The number of rotatable bonds is 3. The standard InChI is InChI=1S/C16H20O2/c1-4-9-15(2)12-8-10-16(18-3,14(15)17)13-7-5-6-11(12)13/h4-5,7-8,10-13H,1,6,9H2,2-3H3/t11-,12+,13-,15+,16+/m0/s1. The molecule has 1 saturated carbocycles. The van der Waals surface area contributed by atoms with Gasteiger partial charge < -0.3 is 4.74 Å². The molecule has 0 amide bonds. The molecule has 0 aromatic heterocycles. The second-order valence-corrected chi connectivity index (χ2v) is 5.98. The maximum Gasteiger partial charge on any atom is 0.175 e. The van der Waals surface area contributed by atoms with E-state index in [1.807, 2.05) is 12.2 Å². The summed E-state index contributed by atoms with van der Waals surface area (Å²) in [5, 5.41) is 0. The van der Waals surface area contributed by atoms with Gasteiger partial charge in [0.25, 0.3) is 0 Å². The summed E-state index contributed by atoms with van der Waals surface area (Å²) in [6, 6.07) is 0. The van der Waals surface area contributed by atoms with E-state index in [4.69, 9.17) is 4.74 Å². The molecule has 0 radical (unpaired) electrons. The van der Waals surface area contributed by atoms with Gasteiger partial charge in [-0.1, -0.05) is 31.2 Å². The highest BCUT2D eigenvalue weighted by molar-refractivity contribution is 5.98. The number of hydrogen-bond acceptors (Lipinski definition) is 2. The second-order valence-electron chi connectivity index (χ2n) is 5.98. The number of ether oxygens (including phenoxy) is 1. The van der Waals surface area contributed by atoms with Crippen molar-refractivity contribution in [3.05, 3.63) is 37.0 Å². The lowest BCUT2D eigenvalue weighted by molar-refractivity contribution is -0.168. The molecule has 4 aliphatic carbocycles. The molecular weight excluding hydrogens is 224 g/mol. The Hall–Kier alpha value is -1.15. The summed E-state index contributed by atoms with van der Waals surface area (Å²) in [6.45, 7) is 5.90. The summed E-state index contributed by atoms with van der Waals surface area (Å²) >= 11 is 0. The van der Waals surface area contributed by atoms with E-state index in [-0.39, 0.29) is 17.1 Å². The van der Waals surface area contributed by atoms with Gasteiger partial charge in [0, 0.05) is 18.4 Å². The van der Waals surface area contributed by atoms with Gasteiger partial charge in [-0.2, -0.15) is 0 Å². The lowest BCUT2D eigenvalue weighted by Crippen LogP contribution is -2.64. The SMILES string of the molecule is C=CC[C@@]1(C)C(=O)[C@@]2(OC)C=C[C@@H]1[C@@H]1CC=C[C@@H]12. The minimum Gasteiger partial charge on any atom is -0.366 e. The third kappa shape index (κ3) is 1.15. The van der Waals surface area contributed by atoms with Crippen LogP contribution in [0.4, 0.5) is 0 Å². The number of Topliss-reactive ketones (excluding diaryl/α,β-unsaturated/α-hetero) is 1. The molecule has 0 aromatic rings. The zero-order chi connectivity index (χ0) is 13.0. The predicted octanol–water partition coefficient (Wildman–Crippen LogP) is 2.92. The van der Waals surface area contributed by atoms with Crippen molar-refractivity contribution in [2.24, 2.45) is 23.2 Å². The predicted molar refractivity (Wildman–Crippen MR) is 71.0 cm³/mol. The van der Waals surface area contributed by atoms with E-state index in [1.54, 1.807) is 7.11 Å². The van der Waals surface area contributed by atoms with E-state index in [0.717, 1.165) is 12.8 Å². The average molecular weight is 244 g/mol. The average Bonchev–Trinajstić information content (AvgIpc) is 2.85. The first kappa shape index (κ1) is 11.9. The molecule has 96 valence electrons. The first-order valence-electron chi connectivity index (χ1n) is 6.67. The fraction of sp³-hybridized carbons (Fsp3) is 0.562. The Morgan fingerprint density at radius 2 is 2.28 bits per heavy atom. The zero-order valence-corrected chi connectivity index (χ0v) is 11.1. The monoisotopic (exact) mass is 244 g/mol. The van der Waals surface area contributed by atoms with Crippen LogP contribution in [0.15, 0.2) is 37.0 Å². The second kappa shape index (κ2) is 3.67. The van der Waals surface area contributed by atoms with Gasteiger partial charge >= 0.3 is 0 Å². The molecule has 4 aliphatic rings. The van der Waals surface area contributed by atoms with Gasteiger partial charge in [-0.25, -0.2) is 0 Å². The Morgan fingerprint density at radius 3 is 2.94 bits per heavy atom. The molecule has 0 aromatic carbocycles. The molecule has 0 unspecified atom stereocenters. The highest BCUT2D eigenvalue weighted by Crippen LogP contribution is 2.59. The van der Waals surface area contributed by atoms with Crippen LogP contribution in [0.2, 0.25) is 0 Å². The summed E-state index contributed by atoms with van der Waals surface area (Å²) in [6.07, 6.45) is 12.3. The summed E-state index contributed by atoms with van der Waals surface area (Å²) in [5.74, 6) is 1.29.